The number of nitrogens with zero attached hydrogens (tertiary/aromatic N) is 8. The van der Waals surface area contributed by atoms with E-state index in [0.29, 0.717) is 55.2 Å². The molecule has 0 N–H and O–H groups in total. The molecule has 31 heavy (non-hydrogen) atoms. The number of nitriles is 1. The number of pyridine rings is 1. The van der Waals surface area contributed by atoms with E-state index in [4.69, 9.17) is 5.26 Å². The van der Waals surface area contributed by atoms with E-state index in [1.807, 2.05) is 36.0 Å². The van der Waals surface area contributed by atoms with Crippen molar-refractivity contribution in [2.24, 2.45) is 7.05 Å². The van der Waals surface area contributed by atoms with E-state index < -0.39 is 11.1 Å². The van der Waals surface area contributed by atoms with Gasteiger partial charge in [-0.15, -0.1) is 0 Å². The highest BCUT2D eigenvalue weighted by atomic mass is 16.2. The largest absolute Gasteiger partial charge is 0.341 e. The van der Waals surface area contributed by atoms with Crippen molar-refractivity contribution in [3.63, 3.8) is 0 Å². The minimum atomic E-state index is -0.547. The predicted molar refractivity (Wildman–Crippen MR) is 116 cm³/mol. The summed E-state index contributed by atoms with van der Waals surface area (Å²) in [5, 5.41) is 8.90. The summed E-state index contributed by atoms with van der Waals surface area (Å²) < 4.78 is 2.95. The third kappa shape index (κ3) is 3.92. The van der Waals surface area contributed by atoms with Gasteiger partial charge in [-0.25, -0.2) is 15.0 Å². The van der Waals surface area contributed by atoms with Crippen molar-refractivity contribution in [2.75, 3.05) is 32.1 Å². The Kier molecular flexibility index (Phi) is 5.52. The van der Waals surface area contributed by atoms with Gasteiger partial charge < -0.3 is 14.4 Å². The molecule has 3 aromatic rings. The smallest absolute Gasteiger partial charge is 0.318 e. The fourth-order valence-electron chi connectivity index (χ4n) is 4.03. The molecule has 1 aliphatic heterocycles. The summed E-state index contributed by atoms with van der Waals surface area (Å²) in [6.45, 7) is 1.97. The number of aromatic nitrogens is 5. The van der Waals surface area contributed by atoms with Crippen molar-refractivity contribution in [3.8, 4) is 6.07 Å². The molecule has 0 aromatic carbocycles. The highest BCUT2D eigenvalue weighted by Gasteiger charge is 2.26. The molecule has 1 fully saturated rings. The van der Waals surface area contributed by atoms with E-state index in [1.54, 1.807) is 17.8 Å². The quantitative estimate of drug-likeness (QED) is 0.566. The maximum atomic E-state index is 12.9. The molecule has 3 aromatic heterocycles. The molecule has 1 saturated heterocycles. The van der Waals surface area contributed by atoms with E-state index in [0.717, 1.165) is 5.56 Å². The fraction of sp³-hybridized carbons (Fsp3) is 0.429. The van der Waals surface area contributed by atoms with Gasteiger partial charge in [-0.3, -0.25) is 14.2 Å². The Morgan fingerprint density at radius 3 is 2.39 bits per heavy atom. The molecule has 0 bridgehead atoms. The number of fused-ring (bicyclic) bond motifs is 1. The average Bonchev–Trinajstić information content (AvgIpc) is 2.78. The van der Waals surface area contributed by atoms with Gasteiger partial charge in [-0.2, -0.15) is 5.26 Å². The SMILES string of the molecule is CN(C)Cc1cnc2c(c1)n(C)c(=O)c(=O)n2C1CCN(c2ncc(C#N)cn2)CC1. The lowest BCUT2D eigenvalue weighted by atomic mass is 10.0. The second-order valence-corrected chi connectivity index (χ2v) is 8.07. The van der Waals surface area contributed by atoms with Gasteiger partial charge >= 0.3 is 11.1 Å². The maximum absolute atomic E-state index is 12.9. The molecule has 4 rings (SSSR count). The van der Waals surface area contributed by atoms with Gasteiger partial charge in [-0.05, 0) is 38.6 Å². The normalized spacial score (nSPS) is 14.9. The number of rotatable bonds is 4. The van der Waals surface area contributed by atoms with Crippen molar-refractivity contribution in [1.82, 2.24) is 29.0 Å². The second-order valence-electron chi connectivity index (χ2n) is 8.07. The van der Waals surface area contributed by atoms with Crippen LogP contribution in [0.1, 0.15) is 30.0 Å². The Balaban J connectivity index is 1.66. The van der Waals surface area contributed by atoms with Crippen molar-refractivity contribution in [3.05, 3.63) is 56.5 Å². The zero-order chi connectivity index (χ0) is 22.1. The third-order valence-electron chi connectivity index (χ3n) is 5.58. The Labute approximate surface area is 179 Å². The zero-order valence-electron chi connectivity index (χ0n) is 17.8. The minimum Gasteiger partial charge on any atom is -0.341 e. The van der Waals surface area contributed by atoms with Crippen LogP contribution in [0.4, 0.5) is 5.95 Å². The third-order valence-corrected chi connectivity index (χ3v) is 5.58. The van der Waals surface area contributed by atoms with Crippen LogP contribution in [0.2, 0.25) is 0 Å². The summed E-state index contributed by atoms with van der Waals surface area (Å²) in [5.74, 6) is 0.560. The van der Waals surface area contributed by atoms with E-state index in [2.05, 4.69) is 15.0 Å². The molecule has 10 heteroatoms. The number of hydrogen-bond acceptors (Lipinski definition) is 8. The Hall–Kier alpha value is -3.58. The lowest BCUT2D eigenvalue weighted by molar-refractivity contribution is 0.388. The van der Waals surface area contributed by atoms with Crippen molar-refractivity contribution < 1.29 is 0 Å². The van der Waals surface area contributed by atoms with Crippen LogP contribution in [0, 0.1) is 11.3 Å². The van der Waals surface area contributed by atoms with Crippen LogP contribution in [0.25, 0.3) is 11.2 Å². The lowest BCUT2D eigenvalue weighted by Crippen LogP contribution is -2.45. The van der Waals surface area contributed by atoms with Crippen LogP contribution in [-0.4, -0.2) is 56.2 Å². The van der Waals surface area contributed by atoms with Gasteiger partial charge in [0, 0.05) is 38.9 Å². The molecular weight excluding hydrogens is 396 g/mol. The number of hydrogen-bond donors (Lipinski definition) is 0. The minimum absolute atomic E-state index is 0.134. The van der Waals surface area contributed by atoms with E-state index in [-0.39, 0.29) is 6.04 Å². The van der Waals surface area contributed by atoms with Crippen molar-refractivity contribution in [1.29, 1.82) is 5.26 Å². The monoisotopic (exact) mass is 420 g/mol. The summed E-state index contributed by atoms with van der Waals surface area (Å²) >= 11 is 0. The van der Waals surface area contributed by atoms with E-state index in [1.165, 1.54) is 17.0 Å². The van der Waals surface area contributed by atoms with Gasteiger partial charge in [0.05, 0.1) is 23.5 Å². The second kappa shape index (κ2) is 8.28. The van der Waals surface area contributed by atoms with Crippen LogP contribution in [-0.2, 0) is 13.6 Å². The zero-order valence-corrected chi connectivity index (χ0v) is 17.8. The van der Waals surface area contributed by atoms with Crippen LogP contribution < -0.4 is 16.0 Å². The first-order valence-corrected chi connectivity index (χ1v) is 10.1. The van der Waals surface area contributed by atoms with Crippen LogP contribution in [0.15, 0.2) is 34.2 Å². The molecular formula is C21H24N8O2. The molecule has 160 valence electrons. The van der Waals surface area contributed by atoms with Gasteiger partial charge in [-0.1, -0.05) is 0 Å². The van der Waals surface area contributed by atoms with Crippen LogP contribution >= 0.6 is 0 Å². The summed E-state index contributed by atoms with van der Waals surface area (Å²) in [6.07, 6.45) is 6.09. The number of piperidine rings is 1. The van der Waals surface area contributed by atoms with Gasteiger partial charge in [0.15, 0.2) is 5.65 Å². The molecule has 0 amide bonds. The molecule has 0 saturated carbocycles. The molecule has 10 nitrogen and oxygen atoms in total. The summed E-state index contributed by atoms with van der Waals surface area (Å²) in [5.41, 5.74) is 1.48. The molecule has 4 heterocycles. The van der Waals surface area contributed by atoms with Gasteiger partial charge in [0.1, 0.15) is 6.07 Å². The first-order valence-electron chi connectivity index (χ1n) is 10.1. The summed E-state index contributed by atoms with van der Waals surface area (Å²) in [7, 11) is 5.55. The van der Waals surface area contributed by atoms with Gasteiger partial charge in [0.2, 0.25) is 5.95 Å². The standard InChI is InChI=1S/C21H24N8O2/c1-26(2)13-14-8-17-18(23-10-14)29(20(31)19(30)27(17)3)16-4-6-28(7-5-16)21-24-11-15(9-22)12-25-21/h8,10-12,16H,4-7,13H2,1-3H3. The molecule has 0 radical (unpaired) electrons. The number of anilines is 1. The molecule has 0 unspecified atom stereocenters. The highest BCUT2D eigenvalue weighted by molar-refractivity contribution is 5.71. The Morgan fingerprint density at radius 1 is 1.10 bits per heavy atom. The highest BCUT2D eigenvalue weighted by Crippen LogP contribution is 2.25. The van der Waals surface area contributed by atoms with Crippen molar-refractivity contribution >= 4 is 17.1 Å². The molecule has 0 spiro atoms. The number of aryl methyl sites for hydroxylation is 1. The molecule has 0 aliphatic carbocycles. The van der Waals surface area contributed by atoms with Crippen LogP contribution in [0.5, 0.6) is 0 Å². The van der Waals surface area contributed by atoms with E-state index >= 15 is 0 Å². The average molecular weight is 420 g/mol. The fourth-order valence-corrected chi connectivity index (χ4v) is 4.03. The Bertz CT molecular complexity index is 1260. The van der Waals surface area contributed by atoms with Gasteiger partial charge in [0.25, 0.3) is 0 Å². The van der Waals surface area contributed by atoms with Crippen LogP contribution in [0.3, 0.4) is 0 Å². The summed E-state index contributed by atoms with van der Waals surface area (Å²) in [6, 6.07) is 3.81. The first-order chi connectivity index (χ1) is 14.9. The van der Waals surface area contributed by atoms with E-state index in [9.17, 15) is 9.59 Å². The summed E-state index contributed by atoms with van der Waals surface area (Å²) in [4.78, 5) is 42.7. The topological polar surface area (TPSA) is 113 Å². The predicted octanol–water partition coefficient (Wildman–Crippen LogP) is 0.660. The molecule has 1 aliphatic rings. The van der Waals surface area contributed by atoms with Crippen molar-refractivity contribution in [2.45, 2.75) is 25.4 Å². The first kappa shape index (κ1) is 20.7. The lowest BCUT2D eigenvalue weighted by Gasteiger charge is -2.33. The molecule has 0 atom stereocenters. The maximum Gasteiger partial charge on any atom is 0.318 e. The Morgan fingerprint density at radius 2 is 1.77 bits per heavy atom.